The Morgan fingerprint density at radius 3 is 2.74 bits per heavy atom. The van der Waals surface area contributed by atoms with Gasteiger partial charge in [0.2, 0.25) is 0 Å². The zero-order valence-corrected chi connectivity index (χ0v) is 13.1. The van der Waals surface area contributed by atoms with Crippen LogP contribution in [0.4, 0.5) is 4.39 Å². The summed E-state index contributed by atoms with van der Waals surface area (Å²) in [5, 5.41) is 3.38. The number of nitrogens with one attached hydrogen (secondary N) is 1. The summed E-state index contributed by atoms with van der Waals surface area (Å²) in [6, 6.07) is 9.24. The van der Waals surface area contributed by atoms with Crippen molar-refractivity contribution in [1.82, 2.24) is 5.32 Å². The van der Waals surface area contributed by atoms with E-state index in [-0.39, 0.29) is 17.6 Å². The van der Waals surface area contributed by atoms with E-state index in [9.17, 15) is 4.39 Å². The number of thiophene rings is 1. The molecule has 1 aromatic heterocycles. The van der Waals surface area contributed by atoms with Crippen LogP contribution >= 0.6 is 27.3 Å². The van der Waals surface area contributed by atoms with Crippen LogP contribution in [0.25, 0.3) is 0 Å². The molecule has 102 valence electrons. The van der Waals surface area contributed by atoms with Crippen LogP contribution in [-0.4, -0.2) is 7.11 Å². The van der Waals surface area contributed by atoms with Gasteiger partial charge < -0.3 is 10.1 Å². The minimum Gasteiger partial charge on any atom is -0.494 e. The maximum atomic E-state index is 13.6. The molecule has 0 aliphatic rings. The summed E-state index contributed by atoms with van der Waals surface area (Å²) in [5.74, 6) is -0.0503. The number of halogens is 2. The largest absolute Gasteiger partial charge is 0.494 e. The molecule has 0 saturated heterocycles. The first-order valence-electron chi connectivity index (χ1n) is 5.91. The lowest BCUT2D eigenvalue weighted by atomic mass is 10.1. The van der Waals surface area contributed by atoms with E-state index in [1.807, 2.05) is 19.1 Å². The lowest BCUT2D eigenvalue weighted by Crippen LogP contribution is -2.17. The Labute approximate surface area is 124 Å². The average Bonchev–Trinajstić information content (AvgIpc) is 2.81. The Morgan fingerprint density at radius 1 is 1.37 bits per heavy atom. The highest BCUT2D eigenvalue weighted by molar-refractivity contribution is 9.11. The van der Waals surface area contributed by atoms with Crippen molar-refractivity contribution in [2.45, 2.75) is 19.5 Å². The standard InChI is InChI=1S/C14H15BrFNOS/c1-9(17-8-11-4-6-14(15)19-11)10-3-5-13(18-2)12(16)7-10/h3-7,9,17H,8H2,1-2H3. The fraction of sp³-hybridized carbons (Fsp3) is 0.286. The summed E-state index contributed by atoms with van der Waals surface area (Å²) < 4.78 is 19.7. The number of hydrogen-bond acceptors (Lipinski definition) is 3. The lowest BCUT2D eigenvalue weighted by molar-refractivity contribution is 0.385. The van der Waals surface area contributed by atoms with E-state index in [0.717, 1.165) is 15.9 Å². The van der Waals surface area contributed by atoms with Gasteiger partial charge in [-0.2, -0.15) is 0 Å². The van der Waals surface area contributed by atoms with Crippen LogP contribution in [0.1, 0.15) is 23.4 Å². The molecule has 1 atom stereocenters. The van der Waals surface area contributed by atoms with Crippen LogP contribution in [0.3, 0.4) is 0 Å². The first-order chi connectivity index (χ1) is 9.10. The molecule has 0 aliphatic carbocycles. The number of rotatable bonds is 5. The molecule has 0 fully saturated rings. The Kier molecular flexibility index (Phi) is 4.96. The van der Waals surface area contributed by atoms with Gasteiger partial charge in [0.15, 0.2) is 11.6 Å². The quantitative estimate of drug-likeness (QED) is 0.862. The molecule has 0 bridgehead atoms. The number of ether oxygens (including phenoxy) is 1. The summed E-state index contributed by atoms with van der Waals surface area (Å²) >= 11 is 5.13. The summed E-state index contributed by atoms with van der Waals surface area (Å²) in [7, 11) is 1.47. The molecule has 1 heterocycles. The van der Waals surface area contributed by atoms with Gasteiger partial charge in [-0.15, -0.1) is 11.3 Å². The average molecular weight is 344 g/mol. The fourth-order valence-corrected chi connectivity index (χ4v) is 3.20. The van der Waals surface area contributed by atoms with Crippen molar-refractivity contribution in [3.05, 3.63) is 50.4 Å². The van der Waals surface area contributed by atoms with Gasteiger partial charge in [-0.1, -0.05) is 6.07 Å². The Bertz CT molecular complexity index is 558. The molecule has 2 rings (SSSR count). The van der Waals surface area contributed by atoms with Gasteiger partial charge >= 0.3 is 0 Å². The van der Waals surface area contributed by atoms with Crippen LogP contribution in [0.2, 0.25) is 0 Å². The van der Waals surface area contributed by atoms with Crippen molar-refractivity contribution in [2.24, 2.45) is 0 Å². The van der Waals surface area contributed by atoms with E-state index >= 15 is 0 Å². The van der Waals surface area contributed by atoms with Gasteiger partial charge in [0, 0.05) is 17.5 Å². The van der Waals surface area contributed by atoms with Gasteiger partial charge in [0.05, 0.1) is 10.9 Å². The molecule has 1 aromatic carbocycles. The third-order valence-electron chi connectivity index (χ3n) is 2.89. The molecule has 0 saturated carbocycles. The molecule has 0 radical (unpaired) electrons. The molecule has 19 heavy (non-hydrogen) atoms. The number of benzene rings is 1. The Morgan fingerprint density at radius 2 is 2.16 bits per heavy atom. The predicted molar refractivity (Wildman–Crippen MR) is 80.2 cm³/mol. The summed E-state index contributed by atoms with van der Waals surface area (Å²) in [5.41, 5.74) is 0.911. The highest BCUT2D eigenvalue weighted by Gasteiger charge is 2.09. The van der Waals surface area contributed by atoms with Crippen molar-refractivity contribution in [1.29, 1.82) is 0 Å². The molecule has 0 aliphatic heterocycles. The van der Waals surface area contributed by atoms with Crippen molar-refractivity contribution in [2.75, 3.05) is 7.11 Å². The minimum absolute atomic E-state index is 0.0845. The molecular formula is C14H15BrFNOS. The van der Waals surface area contributed by atoms with Crippen molar-refractivity contribution in [3.63, 3.8) is 0 Å². The Hall–Kier alpha value is -0.910. The molecule has 1 unspecified atom stereocenters. The number of methoxy groups -OCH3 is 1. The van der Waals surface area contributed by atoms with Crippen molar-refractivity contribution >= 4 is 27.3 Å². The second kappa shape index (κ2) is 6.50. The Balaban J connectivity index is 1.99. The smallest absolute Gasteiger partial charge is 0.165 e. The second-order valence-corrected chi connectivity index (χ2v) is 6.75. The molecule has 5 heteroatoms. The maximum Gasteiger partial charge on any atom is 0.165 e. The van der Waals surface area contributed by atoms with Gasteiger partial charge in [-0.05, 0) is 52.7 Å². The van der Waals surface area contributed by atoms with Crippen LogP contribution in [0.5, 0.6) is 5.75 Å². The van der Waals surface area contributed by atoms with Crippen LogP contribution in [0.15, 0.2) is 34.1 Å². The molecular weight excluding hydrogens is 329 g/mol. The summed E-state index contributed by atoms with van der Waals surface area (Å²) in [4.78, 5) is 1.24. The van der Waals surface area contributed by atoms with Gasteiger partial charge in [0.1, 0.15) is 0 Å². The van der Waals surface area contributed by atoms with Crippen molar-refractivity contribution in [3.8, 4) is 5.75 Å². The highest BCUT2D eigenvalue weighted by atomic mass is 79.9. The lowest BCUT2D eigenvalue weighted by Gasteiger charge is -2.14. The van der Waals surface area contributed by atoms with Crippen molar-refractivity contribution < 1.29 is 9.13 Å². The first-order valence-corrected chi connectivity index (χ1v) is 7.52. The maximum absolute atomic E-state index is 13.6. The van der Waals surface area contributed by atoms with Gasteiger partial charge in [-0.3, -0.25) is 0 Å². The third-order valence-corrected chi connectivity index (χ3v) is 4.51. The SMILES string of the molecule is COc1ccc(C(C)NCc2ccc(Br)s2)cc1F. The molecule has 0 spiro atoms. The molecule has 2 aromatic rings. The van der Waals surface area contributed by atoms with E-state index in [1.54, 1.807) is 17.4 Å². The summed E-state index contributed by atoms with van der Waals surface area (Å²) in [6.45, 7) is 2.79. The van der Waals surface area contributed by atoms with E-state index < -0.39 is 0 Å². The van der Waals surface area contributed by atoms with E-state index in [0.29, 0.717) is 0 Å². The van der Waals surface area contributed by atoms with E-state index in [2.05, 4.69) is 27.3 Å². The molecule has 0 amide bonds. The topological polar surface area (TPSA) is 21.3 Å². The first kappa shape index (κ1) is 14.5. The van der Waals surface area contributed by atoms with Crippen LogP contribution in [0, 0.1) is 5.82 Å². The monoisotopic (exact) mass is 343 g/mol. The van der Waals surface area contributed by atoms with Gasteiger partial charge in [-0.25, -0.2) is 4.39 Å². The van der Waals surface area contributed by atoms with Gasteiger partial charge in [0.25, 0.3) is 0 Å². The second-order valence-electron chi connectivity index (χ2n) is 4.20. The minimum atomic E-state index is -0.326. The van der Waals surface area contributed by atoms with Crippen LogP contribution in [-0.2, 0) is 6.54 Å². The zero-order chi connectivity index (χ0) is 13.8. The normalized spacial score (nSPS) is 12.4. The van der Waals surface area contributed by atoms with E-state index in [1.165, 1.54) is 18.1 Å². The van der Waals surface area contributed by atoms with Crippen LogP contribution < -0.4 is 10.1 Å². The zero-order valence-electron chi connectivity index (χ0n) is 10.7. The highest BCUT2D eigenvalue weighted by Crippen LogP contribution is 2.24. The predicted octanol–water partition coefficient (Wildman–Crippen LogP) is 4.51. The molecule has 2 nitrogen and oxygen atoms in total. The third kappa shape index (κ3) is 3.78. The molecule has 1 N–H and O–H groups in total. The fourth-order valence-electron chi connectivity index (χ4n) is 1.77. The summed E-state index contributed by atoms with van der Waals surface area (Å²) in [6.07, 6.45) is 0. The van der Waals surface area contributed by atoms with E-state index in [4.69, 9.17) is 4.74 Å². The number of hydrogen-bond donors (Lipinski definition) is 1.